The van der Waals surface area contributed by atoms with Crippen LogP contribution < -0.4 is 5.32 Å². The molecule has 0 atom stereocenters. The van der Waals surface area contributed by atoms with Crippen molar-refractivity contribution in [2.75, 3.05) is 13.1 Å². The third-order valence-electron chi connectivity index (χ3n) is 5.78. The number of likely N-dealkylation sites (tertiary alicyclic amines) is 1. The first-order valence-corrected chi connectivity index (χ1v) is 9.43. The van der Waals surface area contributed by atoms with Gasteiger partial charge in [-0.1, -0.05) is 37.5 Å². The van der Waals surface area contributed by atoms with Gasteiger partial charge in [-0.05, 0) is 43.2 Å². The highest BCUT2D eigenvalue weighted by atomic mass is 16.2. The molecular weight excluding hydrogens is 298 g/mol. The molecule has 4 nitrogen and oxygen atoms in total. The third kappa shape index (κ3) is 3.14. The van der Waals surface area contributed by atoms with E-state index >= 15 is 0 Å². The molecule has 1 aromatic heterocycles. The molecule has 0 radical (unpaired) electrons. The van der Waals surface area contributed by atoms with Crippen molar-refractivity contribution in [1.82, 2.24) is 15.2 Å². The number of carbonyl (C=O) groups is 1. The van der Waals surface area contributed by atoms with E-state index in [1.165, 1.54) is 35.7 Å². The monoisotopic (exact) mass is 325 g/mol. The summed E-state index contributed by atoms with van der Waals surface area (Å²) in [6, 6.07) is 9.05. The number of hydrogen-bond donors (Lipinski definition) is 2. The second kappa shape index (κ2) is 6.88. The summed E-state index contributed by atoms with van der Waals surface area (Å²) in [5.74, 6) is 0.555. The van der Waals surface area contributed by atoms with E-state index in [0.29, 0.717) is 12.0 Å². The summed E-state index contributed by atoms with van der Waals surface area (Å²) in [7, 11) is 0. The van der Waals surface area contributed by atoms with Gasteiger partial charge in [0.15, 0.2) is 0 Å². The Balaban J connectivity index is 1.35. The minimum atomic E-state index is 0.152. The Morgan fingerprint density at radius 3 is 2.58 bits per heavy atom. The number of piperidine rings is 1. The first kappa shape index (κ1) is 15.6. The normalized spacial score (nSPS) is 20.4. The first-order valence-electron chi connectivity index (χ1n) is 9.43. The number of nitrogens with zero attached hydrogens (tertiary/aromatic N) is 1. The molecule has 1 aliphatic heterocycles. The maximum absolute atomic E-state index is 12.5. The molecule has 2 aromatic rings. The van der Waals surface area contributed by atoms with Crippen LogP contribution in [0.25, 0.3) is 10.9 Å². The molecule has 0 bridgehead atoms. The number of urea groups is 1. The number of H-pyrrole nitrogens is 1. The van der Waals surface area contributed by atoms with Crippen molar-refractivity contribution in [3.8, 4) is 0 Å². The molecule has 2 amide bonds. The van der Waals surface area contributed by atoms with Crippen LogP contribution in [0, 0.1) is 0 Å². The van der Waals surface area contributed by atoms with Crippen LogP contribution in [-0.2, 0) is 0 Å². The highest BCUT2D eigenvalue weighted by molar-refractivity contribution is 5.83. The van der Waals surface area contributed by atoms with Gasteiger partial charge in [-0.3, -0.25) is 0 Å². The summed E-state index contributed by atoms with van der Waals surface area (Å²) < 4.78 is 0. The number of benzene rings is 1. The molecule has 4 heteroatoms. The molecule has 2 heterocycles. The van der Waals surface area contributed by atoms with Crippen LogP contribution in [0.3, 0.4) is 0 Å². The van der Waals surface area contributed by atoms with Gasteiger partial charge in [0.25, 0.3) is 0 Å². The standard InChI is InChI=1S/C20H27N3O/c24-20(22-16-6-2-1-3-7-16)23-12-10-15(11-13-23)18-14-21-19-9-5-4-8-17(18)19/h4-5,8-9,14-16,21H,1-3,6-7,10-13H2,(H,22,24). The van der Waals surface area contributed by atoms with Gasteiger partial charge in [0, 0.05) is 36.2 Å². The highest BCUT2D eigenvalue weighted by Crippen LogP contribution is 2.33. The molecule has 2 N–H and O–H groups in total. The summed E-state index contributed by atoms with van der Waals surface area (Å²) in [6.07, 6.45) is 10.4. The van der Waals surface area contributed by atoms with E-state index in [2.05, 4.69) is 40.8 Å². The van der Waals surface area contributed by atoms with Crippen LogP contribution in [0.5, 0.6) is 0 Å². The molecule has 1 aromatic carbocycles. The second-order valence-corrected chi connectivity index (χ2v) is 7.34. The summed E-state index contributed by atoms with van der Waals surface area (Å²) in [4.78, 5) is 17.9. The van der Waals surface area contributed by atoms with Gasteiger partial charge in [0.1, 0.15) is 0 Å². The van der Waals surface area contributed by atoms with E-state index < -0.39 is 0 Å². The number of rotatable bonds is 2. The van der Waals surface area contributed by atoms with Crippen LogP contribution in [-0.4, -0.2) is 35.0 Å². The van der Waals surface area contributed by atoms with E-state index in [1.54, 1.807) is 0 Å². The number of aromatic nitrogens is 1. The molecule has 1 saturated heterocycles. The minimum absolute atomic E-state index is 0.152. The number of carbonyl (C=O) groups excluding carboxylic acids is 1. The lowest BCUT2D eigenvalue weighted by Crippen LogP contribution is -2.48. The zero-order valence-corrected chi connectivity index (χ0v) is 14.3. The maximum Gasteiger partial charge on any atom is 0.317 e. The lowest BCUT2D eigenvalue weighted by atomic mass is 9.89. The Labute approximate surface area is 143 Å². The molecule has 128 valence electrons. The van der Waals surface area contributed by atoms with E-state index in [9.17, 15) is 4.79 Å². The van der Waals surface area contributed by atoms with Crippen molar-refractivity contribution in [3.63, 3.8) is 0 Å². The Morgan fingerprint density at radius 1 is 1.04 bits per heavy atom. The molecule has 2 aliphatic rings. The number of para-hydroxylation sites is 1. The number of amides is 2. The van der Waals surface area contributed by atoms with Crippen LogP contribution in [0.2, 0.25) is 0 Å². The lowest BCUT2D eigenvalue weighted by molar-refractivity contribution is 0.174. The van der Waals surface area contributed by atoms with E-state index in [0.717, 1.165) is 38.8 Å². The molecule has 0 unspecified atom stereocenters. The SMILES string of the molecule is O=C(NC1CCCCC1)N1CCC(c2c[nH]c3ccccc23)CC1. The maximum atomic E-state index is 12.5. The Hall–Kier alpha value is -1.97. The molecule has 2 fully saturated rings. The van der Waals surface area contributed by atoms with Gasteiger partial charge in [-0.2, -0.15) is 0 Å². The van der Waals surface area contributed by atoms with E-state index in [-0.39, 0.29) is 6.03 Å². The number of hydrogen-bond acceptors (Lipinski definition) is 1. The molecule has 24 heavy (non-hydrogen) atoms. The zero-order valence-electron chi connectivity index (χ0n) is 14.3. The lowest BCUT2D eigenvalue weighted by Gasteiger charge is -2.34. The Bertz CT molecular complexity index is 694. The van der Waals surface area contributed by atoms with Crippen LogP contribution >= 0.6 is 0 Å². The predicted octanol–water partition coefficient (Wildman–Crippen LogP) is 4.39. The van der Waals surface area contributed by atoms with Crippen molar-refractivity contribution in [2.45, 2.75) is 56.9 Å². The first-order chi connectivity index (χ1) is 11.8. The third-order valence-corrected chi connectivity index (χ3v) is 5.78. The quantitative estimate of drug-likeness (QED) is 0.845. The van der Waals surface area contributed by atoms with Gasteiger partial charge in [-0.15, -0.1) is 0 Å². The van der Waals surface area contributed by atoms with Crippen LogP contribution in [0.1, 0.15) is 56.4 Å². The van der Waals surface area contributed by atoms with Gasteiger partial charge >= 0.3 is 6.03 Å². The highest BCUT2D eigenvalue weighted by Gasteiger charge is 2.26. The summed E-state index contributed by atoms with van der Waals surface area (Å²) >= 11 is 0. The summed E-state index contributed by atoms with van der Waals surface area (Å²) in [5, 5.41) is 4.58. The van der Waals surface area contributed by atoms with E-state index in [4.69, 9.17) is 0 Å². The minimum Gasteiger partial charge on any atom is -0.361 e. The Morgan fingerprint density at radius 2 is 1.79 bits per heavy atom. The fraction of sp³-hybridized carbons (Fsp3) is 0.550. The molecule has 1 aliphatic carbocycles. The van der Waals surface area contributed by atoms with Crippen molar-refractivity contribution in [2.24, 2.45) is 0 Å². The number of aromatic amines is 1. The fourth-order valence-electron chi connectivity index (χ4n) is 4.34. The second-order valence-electron chi connectivity index (χ2n) is 7.34. The number of nitrogens with one attached hydrogen (secondary N) is 2. The summed E-state index contributed by atoms with van der Waals surface area (Å²) in [6.45, 7) is 1.73. The summed E-state index contributed by atoms with van der Waals surface area (Å²) in [5.41, 5.74) is 2.63. The predicted molar refractivity (Wildman–Crippen MR) is 97.3 cm³/mol. The van der Waals surface area contributed by atoms with Crippen molar-refractivity contribution in [3.05, 3.63) is 36.0 Å². The van der Waals surface area contributed by atoms with Crippen molar-refractivity contribution < 1.29 is 4.79 Å². The average molecular weight is 325 g/mol. The molecular formula is C20H27N3O. The molecule has 1 saturated carbocycles. The van der Waals surface area contributed by atoms with Gasteiger partial charge in [0.2, 0.25) is 0 Å². The Kier molecular flexibility index (Phi) is 4.46. The van der Waals surface area contributed by atoms with Gasteiger partial charge in [-0.25, -0.2) is 4.79 Å². The average Bonchev–Trinajstić information content (AvgIpc) is 3.07. The smallest absolute Gasteiger partial charge is 0.317 e. The van der Waals surface area contributed by atoms with E-state index in [1.807, 2.05) is 4.90 Å². The zero-order chi connectivity index (χ0) is 16.4. The van der Waals surface area contributed by atoms with Crippen LogP contribution in [0.4, 0.5) is 4.79 Å². The van der Waals surface area contributed by atoms with Gasteiger partial charge < -0.3 is 15.2 Å². The van der Waals surface area contributed by atoms with Gasteiger partial charge in [0.05, 0.1) is 0 Å². The van der Waals surface area contributed by atoms with Crippen molar-refractivity contribution in [1.29, 1.82) is 0 Å². The van der Waals surface area contributed by atoms with Crippen LogP contribution in [0.15, 0.2) is 30.5 Å². The fourth-order valence-corrected chi connectivity index (χ4v) is 4.34. The largest absolute Gasteiger partial charge is 0.361 e. The number of fused-ring (bicyclic) bond motifs is 1. The van der Waals surface area contributed by atoms with Crippen molar-refractivity contribution >= 4 is 16.9 Å². The molecule has 0 spiro atoms. The molecule has 4 rings (SSSR count). The topological polar surface area (TPSA) is 48.1 Å².